The normalized spacial score (nSPS) is 22.6. The number of hydrogen-bond donors (Lipinski definition) is 2. The van der Waals surface area contributed by atoms with Crippen molar-refractivity contribution in [2.24, 2.45) is 0 Å². The van der Waals surface area contributed by atoms with E-state index in [1.54, 1.807) is 0 Å². The molecular weight excluding hydrogens is 216 g/mol. The molecule has 86 valence electrons. The van der Waals surface area contributed by atoms with Crippen LogP contribution < -0.4 is 10.6 Å². The lowest BCUT2D eigenvalue weighted by molar-refractivity contribution is 0.787. The van der Waals surface area contributed by atoms with Gasteiger partial charge in [-0.3, -0.25) is 0 Å². The zero-order valence-corrected chi connectivity index (χ0v) is 10.4. The van der Waals surface area contributed by atoms with Gasteiger partial charge in [-0.1, -0.05) is 37.3 Å². The first-order valence-corrected chi connectivity index (χ1v) is 6.31. The molecule has 0 saturated heterocycles. The maximum Gasteiger partial charge on any atom is 0.166 e. The second-order valence-corrected chi connectivity index (χ2v) is 4.67. The molecule has 16 heavy (non-hydrogen) atoms. The molecule has 0 heterocycles. The predicted octanol–water partition coefficient (Wildman–Crippen LogP) is 2.42. The van der Waals surface area contributed by atoms with Gasteiger partial charge in [0.2, 0.25) is 0 Å². The molecule has 1 aromatic rings. The van der Waals surface area contributed by atoms with Gasteiger partial charge in [0.05, 0.1) is 0 Å². The van der Waals surface area contributed by atoms with Crippen molar-refractivity contribution in [2.75, 3.05) is 6.54 Å². The van der Waals surface area contributed by atoms with E-state index >= 15 is 0 Å². The van der Waals surface area contributed by atoms with Gasteiger partial charge >= 0.3 is 0 Å². The van der Waals surface area contributed by atoms with Gasteiger partial charge in [0.25, 0.3) is 0 Å². The Morgan fingerprint density at radius 1 is 1.38 bits per heavy atom. The first-order chi connectivity index (χ1) is 7.81. The van der Waals surface area contributed by atoms with Gasteiger partial charge in [-0.25, -0.2) is 0 Å². The third-order valence-corrected chi connectivity index (χ3v) is 3.13. The Morgan fingerprint density at radius 2 is 2.12 bits per heavy atom. The molecule has 0 spiro atoms. The Balaban J connectivity index is 1.77. The third-order valence-electron chi connectivity index (χ3n) is 2.87. The molecular formula is C13H18N2S. The summed E-state index contributed by atoms with van der Waals surface area (Å²) in [7, 11) is 0. The lowest BCUT2D eigenvalue weighted by Gasteiger charge is -2.09. The molecule has 1 aromatic carbocycles. The van der Waals surface area contributed by atoms with Crippen molar-refractivity contribution in [3.63, 3.8) is 0 Å². The maximum absolute atomic E-state index is 5.22. The van der Waals surface area contributed by atoms with Crippen LogP contribution in [0.15, 0.2) is 30.3 Å². The SMILES string of the molecule is CCCNC(=S)NC1CC1c1ccccc1. The number of rotatable bonds is 4. The Morgan fingerprint density at radius 3 is 2.81 bits per heavy atom. The molecule has 2 N–H and O–H groups in total. The van der Waals surface area contributed by atoms with Crippen LogP contribution in [0.4, 0.5) is 0 Å². The van der Waals surface area contributed by atoms with E-state index in [2.05, 4.69) is 47.9 Å². The molecule has 0 aromatic heterocycles. The Hall–Kier alpha value is -1.09. The van der Waals surface area contributed by atoms with Crippen LogP contribution in [-0.4, -0.2) is 17.7 Å². The highest BCUT2D eigenvalue weighted by molar-refractivity contribution is 7.80. The molecule has 1 aliphatic rings. The van der Waals surface area contributed by atoms with Gasteiger partial charge in [0.1, 0.15) is 0 Å². The number of benzene rings is 1. The predicted molar refractivity (Wildman–Crippen MR) is 71.6 cm³/mol. The Labute approximate surface area is 102 Å². The molecule has 1 saturated carbocycles. The van der Waals surface area contributed by atoms with Crippen molar-refractivity contribution in [2.45, 2.75) is 31.7 Å². The first kappa shape index (κ1) is 11.4. The second-order valence-electron chi connectivity index (χ2n) is 4.26. The Kier molecular flexibility index (Phi) is 3.78. The number of thiocarbonyl (C=S) groups is 1. The minimum absolute atomic E-state index is 0.527. The van der Waals surface area contributed by atoms with Crippen molar-refractivity contribution < 1.29 is 0 Å². The van der Waals surface area contributed by atoms with Crippen LogP contribution in [-0.2, 0) is 0 Å². The topological polar surface area (TPSA) is 24.1 Å². The fraction of sp³-hybridized carbons (Fsp3) is 0.462. The average Bonchev–Trinajstić information content (AvgIpc) is 3.07. The summed E-state index contributed by atoms with van der Waals surface area (Å²) in [6, 6.07) is 11.2. The van der Waals surface area contributed by atoms with Crippen LogP contribution in [0.3, 0.4) is 0 Å². The molecule has 3 heteroatoms. The summed E-state index contributed by atoms with van der Waals surface area (Å²) in [5.41, 5.74) is 1.42. The van der Waals surface area contributed by atoms with Crippen LogP contribution in [0.2, 0.25) is 0 Å². The first-order valence-electron chi connectivity index (χ1n) is 5.90. The molecule has 0 amide bonds. The summed E-state index contributed by atoms with van der Waals surface area (Å²) in [5, 5.41) is 7.35. The van der Waals surface area contributed by atoms with Crippen LogP contribution in [0, 0.1) is 0 Å². The largest absolute Gasteiger partial charge is 0.363 e. The van der Waals surface area contributed by atoms with Gasteiger partial charge in [0, 0.05) is 18.5 Å². The van der Waals surface area contributed by atoms with E-state index in [9.17, 15) is 0 Å². The Bertz CT molecular complexity index is 350. The van der Waals surface area contributed by atoms with Crippen molar-refractivity contribution in [1.82, 2.24) is 10.6 Å². The maximum atomic E-state index is 5.22. The molecule has 2 atom stereocenters. The van der Waals surface area contributed by atoms with Gasteiger partial charge in [-0.05, 0) is 30.6 Å². The molecule has 2 nitrogen and oxygen atoms in total. The average molecular weight is 234 g/mol. The number of nitrogens with one attached hydrogen (secondary N) is 2. The molecule has 1 fully saturated rings. The van der Waals surface area contributed by atoms with E-state index in [1.807, 2.05) is 0 Å². The summed E-state index contributed by atoms with van der Waals surface area (Å²) < 4.78 is 0. The smallest absolute Gasteiger partial charge is 0.166 e. The van der Waals surface area contributed by atoms with E-state index in [0.717, 1.165) is 18.1 Å². The molecule has 2 unspecified atom stereocenters. The zero-order chi connectivity index (χ0) is 11.4. The van der Waals surface area contributed by atoms with Crippen LogP contribution in [0.1, 0.15) is 31.2 Å². The summed E-state index contributed by atoms with van der Waals surface area (Å²) >= 11 is 5.22. The summed E-state index contributed by atoms with van der Waals surface area (Å²) in [6.45, 7) is 3.09. The summed E-state index contributed by atoms with van der Waals surface area (Å²) in [6.07, 6.45) is 2.30. The third kappa shape index (κ3) is 2.95. The van der Waals surface area contributed by atoms with Crippen LogP contribution in [0.25, 0.3) is 0 Å². The fourth-order valence-corrected chi connectivity index (χ4v) is 2.13. The van der Waals surface area contributed by atoms with E-state index < -0.39 is 0 Å². The van der Waals surface area contributed by atoms with E-state index in [4.69, 9.17) is 12.2 Å². The second kappa shape index (κ2) is 5.30. The van der Waals surface area contributed by atoms with E-state index in [-0.39, 0.29) is 0 Å². The van der Waals surface area contributed by atoms with Gasteiger partial charge in [-0.2, -0.15) is 0 Å². The minimum Gasteiger partial charge on any atom is -0.363 e. The van der Waals surface area contributed by atoms with Crippen molar-refractivity contribution in [3.05, 3.63) is 35.9 Å². The molecule has 2 rings (SSSR count). The van der Waals surface area contributed by atoms with E-state index in [1.165, 1.54) is 12.0 Å². The highest BCUT2D eigenvalue weighted by atomic mass is 32.1. The minimum atomic E-state index is 0.527. The molecule has 0 aliphatic heterocycles. The summed E-state index contributed by atoms with van der Waals surface area (Å²) in [4.78, 5) is 0. The van der Waals surface area contributed by atoms with Crippen molar-refractivity contribution >= 4 is 17.3 Å². The lowest BCUT2D eigenvalue weighted by Crippen LogP contribution is -2.37. The van der Waals surface area contributed by atoms with Crippen molar-refractivity contribution in [3.8, 4) is 0 Å². The highest BCUT2D eigenvalue weighted by Gasteiger charge is 2.38. The molecule has 1 aliphatic carbocycles. The lowest BCUT2D eigenvalue weighted by atomic mass is 10.1. The van der Waals surface area contributed by atoms with Crippen LogP contribution in [0.5, 0.6) is 0 Å². The van der Waals surface area contributed by atoms with Gasteiger partial charge in [0.15, 0.2) is 5.11 Å². The fourth-order valence-electron chi connectivity index (χ4n) is 1.88. The zero-order valence-electron chi connectivity index (χ0n) is 9.57. The van der Waals surface area contributed by atoms with Gasteiger partial charge in [-0.15, -0.1) is 0 Å². The molecule has 0 bridgehead atoms. The number of hydrogen-bond acceptors (Lipinski definition) is 1. The highest BCUT2D eigenvalue weighted by Crippen LogP contribution is 2.40. The van der Waals surface area contributed by atoms with Crippen molar-refractivity contribution in [1.29, 1.82) is 0 Å². The summed E-state index contributed by atoms with van der Waals surface area (Å²) in [5.74, 6) is 0.641. The quantitative estimate of drug-likeness (QED) is 0.782. The van der Waals surface area contributed by atoms with Crippen LogP contribution >= 0.6 is 12.2 Å². The van der Waals surface area contributed by atoms with E-state index in [0.29, 0.717) is 12.0 Å². The van der Waals surface area contributed by atoms with Gasteiger partial charge < -0.3 is 10.6 Å². The standard InChI is InChI=1S/C13H18N2S/c1-2-8-14-13(16)15-12-9-11(12)10-6-4-3-5-7-10/h3-7,11-12H,2,8-9H2,1H3,(H2,14,15,16). The monoisotopic (exact) mass is 234 g/mol. The molecule has 0 radical (unpaired) electrons.